The number of amides is 1. The van der Waals surface area contributed by atoms with Crippen molar-refractivity contribution in [3.05, 3.63) is 59.7 Å². The number of benzene rings is 1. The van der Waals surface area contributed by atoms with Gasteiger partial charge in [0.2, 0.25) is 0 Å². The van der Waals surface area contributed by atoms with Gasteiger partial charge in [-0.3, -0.25) is 4.79 Å². The third kappa shape index (κ3) is 4.63. The molecule has 170 valence electrons. The standard InChI is InChI=1S/C25H31FN4O2/c1-16(10-13-32-3)30-12-11-29(15-17(30)2)25-22(24(27)31)14-21(23(28-25)19-4-5-19)18-6-8-20(26)9-7-18/h6-9,14,17,19H,1,4-5,10-13,15H2,2-3H3,(H2,27,31). The maximum absolute atomic E-state index is 13.5. The monoisotopic (exact) mass is 438 g/mol. The van der Waals surface area contributed by atoms with Crippen LogP contribution < -0.4 is 10.6 Å². The zero-order valence-electron chi connectivity index (χ0n) is 18.8. The van der Waals surface area contributed by atoms with E-state index in [-0.39, 0.29) is 11.9 Å². The summed E-state index contributed by atoms with van der Waals surface area (Å²) in [5, 5.41) is 0. The lowest BCUT2D eigenvalue weighted by Gasteiger charge is -2.43. The third-order valence-corrected chi connectivity index (χ3v) is 6.34. The summed E-state index contributed by atoms with van der Waals surface area (Å²) in [7, 11) is 1.69. The molecule has 1 saturated heterocycles. The molecule has 2 heterocycles. The van der Waals surface area contributed by atoms with Gasteiger partial charge in [0.05, 0.1) is 17.9 Å². The fraction of sp³-hybridized carbons (Fsp3) is 0.440. The molecule has 0 bridgehead atoms. The summed E-state index contributed by atoms with van der Waals surface area (Å²) in [4.78, 5) is 21.9. The molecule has 2 aliphatic rings. The summed E-state index contributed by atoms with van der Waals surface area (Å²) in [5.74, 6) is 0.223. The van der Waals surface area contributed by atoms with Crippen molar-refractivity contribution in [2.24, 2.45) is 5.73 Å². The van der Waals surface area contributed by atoms with Crippen LogP contribution in [-0.4, -0.2) is 55.2 Å². The summed E-state index contributed by atoms with van der Waals surface area (Å²) in [6.45, 7) is 9.26. The number of hydrogen-bond donors (Lipinski definition) is 1. The highest BCUT2D eigenvalue weighted by Gasteiger charge is 2.33. The van der Waals surface area contributed by atoms with Gasteiger partial charge in [0, 0.05) is 56.4 Å². The van der Waals surface area contributed by atoms with Crippen LogP contribution in [0.15, 0.2) is 42.6 Å². The Balaban J connectivity index is 1.66. The maximum atomic E-state index is 13.5. The van der Waals surface area contributed by atoms with Crippen LogP contribution in [0, 0.1) is 5.82 Å². The van der Waals surface area contributed by atoms with Crippen molar-refractivity contribution in [3.8, 4) is 11.1 Å². The number of rotatable bonds is 8. The Morgan fingerprint density at radius 2 is 2.00 bits per heavy atom. The number of pyridine rings is 1. The summed E-state index contributed by atoms with van der Waals surface area (Å²) in [5.41, 5.74) is 9.95. The molecule has 0 radical (unpaired) electrons. The topological polar surface area (TPSA) is 71.7 Å². The molecule has 1 aromatic heterocycles. The van der Waals surface area contributed by atoms with Crippen molar-refractivity contribution in [2.75, 3.05) is 38.3 Å². The van der Waals surface area contributed by atoms with Crippen molar-refractivity contribution in [1.29, 1.82) is 0 Å². The normalized spacial score (nSPS) is 18.7. The fourth-order valence-corrected chi connectivity index (χ4v) is 4.45. The summed E-state index contributed by atoms with van der Waals surface area (Å²) in [6, 6.07) is 8.39. The Hall–Kier alpha value is -2.93. The Labute approximate surface area is 188 Å². The molecule has 32 heavy (non-hydrogen) atoms. The SMILES string of the molecule is C=C(CCOC)N1CCN(c2nc(C3CC3)c(-c3ccc(F)cc3)cc2C(N)=O)CC1C. The zero-order valence-corrected chi connectivity index (χ0v) is 18.8. The van der Waals surface area contributed by atoms with E-state index in [9.17, 15) is 9.18 Å². The summed E-state index contributed by atoms with van der Waals surface area (Å²) in [6.07, 6.45) is 2.93. The smallest absolute Gasteiger partial charge is 0.252 e. The van der Waals surface area contributed by atoms with Crippen LogP contribution in [0.2, 0.25) is 0 Å². The van der Waals surface area contributed by atoms with E-state index >= 15 is 0 Å². The number of anilines is 1. The molecule has 2 fully saturated rings. The van der Waals surface area contributed by atoms with Gasteiger partial charge in [0.25, 0.3) is 5.91 Å². The van der Waals surface area contributed by atoms with Crippen molar-refractivity contribution in [2.45, 2.75) is 38.1 Å². The van der Waals surface area contributed by atoms with Crippen LogP contribution in [0.4, 0.5) is 10.2 Å². The van der Waals surface area contributed by atoms with E-state index < -0.39 is 5.91 Å². The van der Waals surface area contributed by atoms with Gasteiger partial charge in [-0.05, 0) is 43.5 Å². The van der Waals surface area contributed by atoms with Gasteiger partial charge in [-0.2, -0.15) is 0 Å². The fourth-order valence-electron chi connectivity index (χ4n) is 4.45. The van der Waals surface area contributed by atoms with E-state index in [0.29, 0.717) is 23.9 Å². The van der Waals surface area contributed by atoms with Crippen molar-refractivity contribution >= 4 is 11.7 Å². The highest BCUT2D eigenvalue weighted by atomic mass is 19.1. The average molecular weight is 439 g/mol. The molecule has 4 rings (SSSR count). The van der Waals surface area contributed by atoms with Gasteiger partial charge in [-0.15, -0.1) is 0 Å². The van der Waals surface area contributed by atoms with Crippen LogP contribution in [0.25, 0.3) is 11.1 Å². The minimum Gasteiger partial charge on any atom is -0.384 e. The van der Waals surface area contributed by atoms with Gasteiger partial charge in [-0.1, -0.05) is 18.7 Å². The lowest BCUT2D eigenvalue weighted by Crippen LogP contribution is -2.52. The second-order valence-corrected chi connectivity index (χ2v) is 8.74. The molecule has 2 aromatic rings. The predicted octanol–water partition coefficient (Wildman–Crippen LogP) is 3.92. The molecule has 6 nitrogen and oxygen atoms in total. The molecule has 1 aliphatic heterocycles. The Morgan fingerprint density at radius 3 is 2.59 bits per heavy atom. The molecule has 1 aromatic carbocycles. The predicted molar refractivity (Wildman–Crippen MR) is 124 cm³/mol. The minimum atomic E-state index is -0.502. The molecule has 1 unspecified atom stereocenters. The van der Waals surface area contributed by atoms with E-state index in [1.165, 1.54) is 12.1 Å². The second kappa shape index (κ2) is 9.28. The zero-order chi connectivity index (χ0) is 22.8. The summed E-state index contributed by atoms with van der Waals surface area (Å²) < 4.78 is 18.7. The first-order valence-corrected chi connectivity index (χ1v) is 11.2. The molecule has 1 aliphatic carbocycles. The number of primary amides is 1. The number of aromatic nitrogens is 1. The molecule has 1 amide bonds. The van der Waals surface area contributed by atoms with Gasteiger partial charge in [0.1, 0.15) is 11.6 Å². The number of methoxy groups -OCH3 is 1. The number of carbonyl (C=O) groups is 1. The number of ether oxygens (including phenoxy) is 1. The van der Waals surface area contributed by atoms with Gasteiger partial charge >= 0.3 is 0 Å². The first kappa shape index (κ1) is 22.3. The highest BCUT2D eigenvalue weighted by molar-refractivity contribution is 5.99. The molecule has 1 saturated carbocycles. The van der Waals surface area contributed by atoms with E-state index in [0.717, 1.165) is 61.4 Å². The molecule has 7 heteroatoms. The molecular formula is C25H31FN4O2. The van der Waals surface area contributed by atoms with Crippen LogP contribution in [0.5, 0.6) is 0 Å². The van der Waals surface area contributed by atoms with E-state index in [2.05, 4.69) is 23.3 Å². The Kier molecular flexibility index (Phi) is 6.46. The molecule has 1 atom stereocenters. The number of hydrogen-bond acceptors (Lipinski definition) is 5. The van der Waals surface area contributed by atoms with E-state index in [1.54, 1.807) is 19.2 Å². The molecule has 0 spiro atoms. The van der Waals surface area contributed by atoms with Gasteiger partial charge in [0.15, 0.2) is 0 Å². The lowest BCUT2D eigenvalue weighted by atomic mass is 9.98. The van der Waals surface area contributed by atoms with Gasteiger partial charge < -0.3 is 20.3 Å². The van der Waals surface area contributed by atoms with Crippen molar-refractivity contribution in [3.63, 3.8) is 0 Å². The first-order chi connectivity index (χ1) is 15.4. The maximum Gasteiger partial charge on any atom is 0.252 e. The Bertz CT molecular complexity index is 1000. The van der Waals surface area contributed by atoms with E-state index in [4.69, 9.17) is 15.5 Å². The van der Waals surface area contributed by atoms with Crippen molar-refractivity contribution in [1.82, 2.24) is 9.88 Å². The minimum absolute atomic E-state index is 0.219. The van der Waals surface area contributed by atoms with Crippen LogP contribution in [0.3, 0.4) is 0 Å². The summed E-state index contributed by atoms with van der Waals surface area (Å²) >= 11 is 0. The number of halogens is 1. The molecule has 2 N–H and O–H groups in total. The quantitative estimate of drug-likeness (QED) is 0.676. The van der Waals surface area contributed by atoms with Crippen molar-refractivity contribution < 1.29 is 13.9 Å². The second-order valence-electron chi connectivity index (χ2n) is 8.74. The third-order valence-electron chi connectivity index (χ3n) is 6.34. The largest absolute Gasteiger partial charge is 0.384 e. The number of piperazine rings is 1. The van der Waals surface area contributed by atoms with Crippen LogP contribution in [0.1, 0.15) is 48.2 Å². The number of carbonyl (C=O) groups excluding carboxylic acids is 1. The van der Waals surface area contributed by atoms with Crippen LogP contribution >= 0.6 is 0 Å². The van der Waals surface area contributed by atoms with E-state index in [1.807, 2.05) is 6.07 Å². The Morgan fingerprint density at radius 1 is 1.28 bits per heavy atom. The highest BCUT2D eigenvalue weighted by Crippen LogP contribution is 2.45. The number of nitrogens with zero attached hydrogens (tertiary/aromatic N) is 3. The van der Waals surface area contributed by atoms with Gasteiger partial charge in [-0.25, -0.2) is 9.37 Å². The first-order valence-electron chi connectivity index (χ1n) is 11.2. The van der Waals surface area contributed by atoms with Crippen LogP contribution in [-0.2, 0) is 4.74 Å². The average Bonchev–Trinajstić information content (AvgIpc) is 3.62. The molecular weight excluding hydrogens is 407 g/mol. The number of nitrogens with two attached hydrogens (primary N) is 1. The lowest BCUT2D eigenvalue weighted by molar-refractivity contribution is 0.1000.